The Morgan fingerprint density at radius 2 is 2.00 bits per heavy atom. The van der Waals surface area contributed by atoms with Crippen LogP contribution in [0.1, 0.15) is 17.5 Å². The minimum atomic E-state index is -1.19. The van der Waals surface area contributed by atoms with Crippen molar-refractivity contribution in [2.45, 2.75) is 48.7 Å². The van der Waals surface area contributed by atoms with Crippen molar-refractivity contribution in [3.8, 4) is 11.5 Å². The number of rotatable bonds is 1. The van der Waals surface area contributed by atoms with Gasteiger partial charge < -0.3 is 29.7 Å². The summed E-state index contributed by atoms with van der Waals surface area (Å²) < 4.78 is 11.7. The Morgan fingerprint density at radius 3 is 2.75 bits per heavy atom. The molecular formula is C18H23NO5. The zero-order chi connectivity index (χ0) is 16.8. The zero-order valence-electron chi connectivity index (χ0n) is 13.8. The summed E-state index contributed by atoms with van der Waals surface area (Å²) in [6.45, 7) is 0.882. The van der Waals surface area contributed by atoms with Crippen LogP contribution in [-0.2, 0) is 11.8 Å². The largest absolute Gasteiger partial charge is 0.493 e. The third-order valence-corrected chi connectivity index (χ3v) is 6.91. The fraction of sp³-hybridized carbons (Fsp3) is 0.667. The molecule has 2 bridgehead atoms. The average molecular weight is 333 g/mol. The molecule has 5 rings (SSSR count). The second-order valence-electron chi connectivity index (χ2n) is 7.71. The predicted octanol–water partition coefficient (Wildman–Crippen LogP) is -0.333. The molecule has 6 nitrogen and oxygen atoms in total. The van der Waals surface area contributed by atoms with Crippen LogP contribution in [0.25, 0.3) is 0 Å². The van der Waals surface area contributed by atoms with E-state index in [-0.39, 0.29) is 12.0 Å². The summed E-state index contributed by atoms with van der Waals surface area (Å²) in [7, 11) is 3.68. The number of ether oxygens (including phenoxy) is 2. The van der Waals surface area contributed by atoms with Gasteiger partial charge in [-0.05, 0) is 38.1 Å². The van der Waals surface area contributed by atoms with E-state index in [0.717, 1.165) is 24.9 Å². The number of benzene rings is 1. The zero-order valence-corrected chi connectivity index (χ0v) is 13.8. The van der Waals surface area contributed by atoms with Crippen LogP contribution in [0, 0.1) is 5.92 Å². The van der Waals surface area contributed by atoms with E-state index in [9.17, 15) is 15.3 Å². The standard InChI is InChI=1S/C18H23NO5/c1-19-6-5-18-11-8-3-4-10(23-2)16(11)24-17(18)15(22)14(21)13(20)12(18)9(19)7-8/h3-4,9,12-15,17,20-22H,5-7H2,1-2H3. The second-order valence-corrected chi connectivity index (χ2v) is 7.71. The minimum Gasteiger partial charge on any atom is -0.493 e. The fourth-order valence-electron chi connectivity index (χ4n) is 5.88. The maximum Gasteiger partial charge on any atom is 0.165 e. The summed E-state index contributed by atoms with van der Waals surface area (Å²) in [5.74, 6) is 1.19. The lowest BCUT2D eigenvalue weighted by Gasteiger charge is -2.60. The molecule has 1 aromatic rings. The summed E-state index contributed by atoms with van der Waals surface area (Å²) in [5.41, 5.74) is 1.84. The van der Waals surface area contributed by atoms with Crippen molar-refractivity contribution >= 4 is 0 Å². The molecule has 3 N–H and O–H groups in total. The van der Waals surface area contributed by atoms with Gasteiger partial charge in [-0.25, -0.2) is 0 Å². The molecule has 1 saturated heterocycles. The topological polar surface area (TPSA) is 82.4 Å². The normalized spacial score (nSPS) is 45.5. The Kier molecular flexibility index (Phi) is 2.89. The predicted molar refractivity (Wildman–Crippen MR) is 85.3 cm³/mol. The highest BCUT2D eigenvalue weighted by molar-refractivity contribution is 5.61. The van der Waals surface area contributed by atoms with Gasteiger partial charge in [0, 0.05) is 22.9 Å². The lowest BCUT2D eigenvalue weighted by Crippen LogP contribution is -2.73. The van der Waals surface area contributed by atoms with Crippen LogP contribution >= 0.6 is 0 Å². The van der Waals surface area contributed by atoms with Crippen molar-refractivity contribution in [1.29, 1.82) is 0 Å². The van der Waals surface area contributed by atoms with E-state index in [1.165, 1.54) is 5.56 Å². The van der Waals surface area contributed by atoms with Gasteiger partial charge in [-0.15, -0.1) is 0 Å². The Hall–Kier alpha value is -1.34. The van der Waals surface area contributed by atoms with Crippen LogP contribution in [0.2, 0.25) is 0 Å². The number of hydrogen-bond acceptors (Lipinski definition) is 6. The molecular weight excluding hydrogens is 310 g/mol. The number of likely N-dealkylation sites (tertiary alicyclic amines) is 1. The van der Waals surface area contributed by atoms with E-state index in [1.54, 1.807) is 7.11 Å². The molecule has 2 aliphatic carbocycles. The maximum absolute atomic E-state index is 10.8. The Morgan fingerprint density at radius 1 is 1.21 bits per heavy atom. The SMILES string of the molecule is COc1ccc2c3c1OC1C(O)C(O)C(O)C4C(C2)N(C)CCC314. The first-order valence-corrected chi connectivity index (χ1v) is 8.62. The number of aliphatic hydroxyl groups is 3. The molecule has 1 saturated carbocycles. The number of methoxy groups -OCH3 is 1. The number of likely N-dealkylation sites (N-methyl/N-ethyl adjacent to an activating group) is 1. The maximum atomic E-state index is 10.8. The lowest BCUT2D eigenvalue weighted by atomic mass is 9.50. The Balaban J connectivity index is 1.81. The van der Waals surface area contributed by atoms with Crippen LogP contribution in [0.5, 0.6) is 11.5 Å². The van der Waals surface area contributed by atoms with Crippen LogP contribution in [0.4, 0.5) is 0 Å². The van der Waals surface area contributed by atoms with Crippen LogP contribution in [0.15, 0.2) is 12.1 Å². The molecule has 130 valence electrons. The molecule has 6 heteroatoms. The molecule has 2 fully saturated rings. The molecule has 7 unspecified atom stereocenters. The molecule has 0 aromatic heterocycles. The quantitative estimate of drug-likeness (QED) is 0.653. The summed E-state index contributed by atoms with van der Waals surface area (Å²) in [4.78, 5) is 2.27. The van der Waals surface area contributed by atoms with Gasteiger partial charge in [-0.1, -0.05) is 6.07 Å². The molecule has 24 heavy (non-hydrogen) atoms. The van der Waals surface area contributed by atoms with Gasteiger partial charge in [-0.3, -0.25) is 0 Å². The van der Waals surface area contributed by atoms with Crippen molar-refractivity contribution < 1.29 is 24.8 Å². The van der Waals surface area contributed by atoms with Gasteiger partial charge >= 0.3 is 0 Å². The van der Waals surface area contributed by atoms with Gasteiger partial charge in [0.25, 0.3) is 0 Å². The van der Waals surface area contributed by atoms with Gasteiger partial charge in [0.05, 0.1) is 13.2 Å². The average Bonchev–Trinajstić information content (AvgIpc) is 2.93. The van der Waals surface area contributed by atoms with Gasteiger partial charge in [-0.2, -0.15) is 0 Å². The lowest BCUT2D eigenvalue weighted by molar-refractivity contribution is -0.205. The van der Waals surface area contributed by atoms with E-state index in [1.807, 2.05) is 6.07 Å². The molecule has 2 aliphatic heterocycles. The first-order valence-electron chi connectivity index (χ1n) is 8.62. The molecule has 4 aliphatic rings. The van der Waals surface area contributed by atoms with Crippen LogP contribution in [-0.4, -0.2) is 71.4 Å². The van der Waals surface area contributed by atoms with Crippen molar-refractivity contribution in [3.63, 3.8) is 0 Å². The van der Waals surface area contributed by atoms with E-state index in [0.29, 0.717) is 11.5 Å². The van der Waals surface area contributed by atoms with Crippen molar-refractivity contribution in [3.05, 3.63) is 23.3 Å². The first kappa shape index (κ1) is 15.0. The number of aliphatic hydroxyl groups excluding tert-OH is 3. The number of piperidine rings is 1. The van der Waals surface area contributed by atoms with E-state index >= 15 is 0 Å². The summed E-state index contributed by atoms with van der Waals surface area (Å²) in [6.07, 6.45) is -2.19. The van der Waals surface area contributed by atoms with E-state index in [4.69, 9.17) is 9.47 Å². The van der Waals surface area contributed by atoms with Gasteiger partial charge in [0.15, 0.2) is 11.5 Å². The van der Waals surface area contributed by atoms with Gasteiger partial charge in [0.1, 0.15) is 18.3 Å². The molecule has 0 radical (unpaired) electrons. The monoisotopic (exact) mass is 333 g/mol. The van der Waals surface area contributed by atoms with Crippen molar-refractivity contribution in [2.24, 2.45) is 5.92 Å². The Labute approximate surface area is 140 Å². The highest BCUT2D eigenvalue weighted by Gasteiger charge is 2.70. The highest BCUT2D eigenvalue weighted by Crippen LogP contribution is 2.63. The molecule has 2 heterocycles. The Bertz CT molecular complexity index is 709. The van der Waals surface area contributed by atoms with E-state index < -0.39 is 29.8 Å². The van der Waals surface area contributed by atoms with Gasteiger partial charge in [0.2, 0.25) is 0 Å². The molecule has 1 aromatic carbocycles. The minimum absolute atomic E-state index is 0.133. The molecule has 0 amide bonds. The summed E-state index contributed by atoms with van der Waals surface area (Å²) in [6, 6.07) is 4.13. The first-order chi connectivity index (χ1) is 11.5. The second kappa shape index (κ2) is 4.64. The summed E-state index contributed by atoms with van der Waals surface area (Å²) in [5, 5.41) is 31.9. The fourth-order valence-corrected chi connectivity index (χ4v) is 5.88. The number of nitrogens with zero attached hydrogens (tertiary/aromatic N) is 1. The van der Waals surface area contributed by atoms with Crippen molar-refractivity contribution in [1.82, 2.24) is 4.90 Å². The highest BCUT2D eigenvalue weighted by atomic mass is 16.5. The summed E-state index contributed by atoms with van der Waals surface area (Å²) >= 11 is 0. The molecule has 1 spiro atoms. The third kappa shape index (κ3) is 1.47. The third-order valence-electron chi connectivity index (χ3n) is 6.91. The smallest absolute Gasteiger partial charge is 0.165 e. The van der Waals surface area contributed by atoms with Crippen LogP contribution < -0.4 is 9.47 Å². The van der Waals surface area contributed by atoms with Crippen molar-refractivity contribution in [2.75, 3.05) is 20.7 Å². The van der Waals surface area contributed by atoms with Crippen LogP contribution in [0.3, 0.4) is 0 Å². The number of hydrogen-bond donors (Lipinski definition) is 3. The molecule has 7 atom stereocenters. The van der Waals surface area contributed by atoms with E-state index in [2.05, 4.69) is 18.0 Å².